The van der Waals surface area contributed by atoms with Crippen LogP contribution in [0.3, 0.4) is 0 Å². The van der Waals surface area contributed by atoms with E-state index in [-0.39, 0.29) is 11.5 Å². The van der Waals surface area contributed by atoms with E-state index in [9.17, 15) is 9.59 Å². The van der Waals surface area contributed by atoms with E-state index in [0.717, 1.165) is 19.4 Å². The summed E-state index contributed by atoms with van der Waals surface area (Å²) in [4.78, 5) is 30.2. The Morgan fingerprint density at radius 3 is 2.76 bits per heavy atom. The maximum Gasteiger partial charge on any atom is 0.358 e. The Balaban J connectivity index is 2.14. The Morgan fingerprint density at radius 1 is 1.48 bits per heavy atom. The van der Waals surface area contributed by atoms with Crippen LogP contribution >= 0.6 is 11.3 Å². The molecule has 7 heteroatoms. The van der Waals surface area contributed by atoms with Gasteiger partial charge in [0, 0.05) is 25.6 Å². The average Bonchev–Trinajstić information content (AvgIpc) is 2.86. The first-order chi connectivity index (χ1) is 9.92. The molecule has 2 rings (SSSR count). The maximum atomic E-state index is 11.7. The number of nitrogens with zero attached hydrogens (tertiary/aromatic N) is 2. The summed E-state index contributed by atoms with van der Waals surface area (Å²) in [7, 11) is 3.41. The van der Waals surface area contributed by atoms with E-state index in [2.05, 4.69) is 33.9 Å². The number of nitrogens with one attached hydrogen (secondary N) is 1. The summed E-state index contributed by atoms with van der Waals surface area (Å²) < 4.78 is 4.68. The van der Waals surface area contributed by atoms with Gasteiger partial charge in [-0.05, 0) is 26.8 Å². The zero-order valence-electron chi connectivity index (χ0n) is 12.8. The standard InChI is InChI=1S/C14H21N3O3S/c1-8-7-10(5-6-17(8)3)15-14-16-11(13(19)20-4)12(21-14)9(2)18/h8,10H,5-7H2,1-4H3,(H,15,16). The molecule has 2 atom stereocenters. The molecule has 1 aromatic heterocycles. The number of methoxy groups -OCH3 is 1. The minimum atomic E-state index is -0.568. The van der Waals surface area contributed by atoms with E-state index in [4.69, 9.17) is 0 Å². The number of ketones is 1. The van der Waals surface area contributed by atoms with Gasteiger partial charge in [0.2, 0.25) is 0 Å². The second-order valence-electron chi connectivity index (χ2n) is 5.44. The predicted octanol–water partition coefficient (Wildman–Crippen LogP) is 2.03. The fourth-order valence-corrected chi connectivity index (χ4v) is 3.38. The molecule has 1 aliphatic heterocycles. The highest BCUT2D eigenvalue weighted by molar-refractivity contribution is 7.17. The summed E-state index contributed by atoms with van der Waals surface area (Å²) in [5.41, 5.74) is 0.110. The van der Waals surface area contributed by atoms with Crippen molar-refractivity contribution >= 4 is 28.2 Å². The van der Waals surface area contributed by atoms with Gasteiger partial charge in [0.25, 0.3) is 0 Å². The van der Waals surface area contributed by atoms with Crippen LogP contribution in [0.2, 0.25) is 0 Å². The van der Waals surface area contributed by atoms with Gasteiger partial charge in [-0.25, -0.2) is 9.78 Å². The van der Waals surface area contributed by atoms with E-state index in [1.807, 2.05) is 0 Å². The zero-order valence-corrected chi connectivity index (χ0v) is 13.6. The van der Waals surface area contributed by atoms with Gasteiger partial charge in [-0.1, -0.05) is 11.3 Å². The monoisotopic (exact) mass is 311 g/mol. The molecule has 21 heavy (non-hydrogen) atoms. The Kier molecular flexibility index (Phi) is 4.95. The molecule has 0 spiro atoms. The molecule has 1 fully saturated rings. The molecule has 1 saturated heterocycles. The van der Waals surface area contributed by atoms with E-state index in [0.29, 0.717) is 22.1 Å². The number of thiazole rings is 1. The molecule has 0 aromatic carbocycles. The molecular weight excluding hydrogens is 290 g/mol. The molecule has 2 unspecified atom stereocenters. The van der Waals surface area contributed by atoms with Crippen molar-refractivity contribution in [2.45, 2.75) is 38.8 Å². The van der Waals surface area contributed by atoms with Crippen molar-refractivity contribution in [3.05, 3.63) is 10.6 Å². The number of carbonyl (C=O) groups is 2. The van der Waals surface area contributed by atoms with Crippen LogP contribution < -0.4 is 5.32 Å². The SMILES string of the molecule is COC(=O)c1nc(NC2CCN(C)C(C)C2)sc1C(C)=O. The van der Waals surface area contributed by atoms with Gasteiger partial charge in [-0.3, -0.25) is 4.79 Å². The highest BCUT2D eigenvalue weighted by atomic mass is 32.1. The Bertz CT molecular complexity index is 544. The topological polar surface area (TPSA) is 71.5 Å². The molecule has 1 aliphatic rings. The number of anilines is 1. The average molecular weight is 311 g/mol. The molecule has 0 saturated carbocycles. The van der Waals surface area contributed by atoms with Crippen LogP contribution in [0.15, 0.2) is 0 Å². The number of hydrogen-bond acceptors (Lipinski definition) is 7. The molecule has 2 heterocycles. The van der Waals surface area contributed by atoms with E-state index < -0.39 is 5.97 Å². The minimum Gasteiger partial charge on any atom is -0.464 e. The van der Waals surface area contributed by atoms with Crippen molar-refractivity contribution in [3.8, 4) is 0 Å². The first kappa shape index (κ1) is 15.9. The number of carbonyl (C=O) groups excluding carboxylic acids is 2. The lowest BCUT2D eigenvalue weighted by atomic mass is 9.99. The van der Waals surface area contributed by atoms with Gasteiger partial charge in [-0.2, -0.15) is 0 Å². The van der Waals surface area contributed by atoms with Crippen molar-refractivity contribution in [2.24, 2.45) is 0 Å². The molecular formula is C14H21N3O3S. The highest BCUT2D eigenvalue weighted by Crippen LogP contribution is 2.27. The lowest BCUT2D eigenvalue weighted by Gasteiger charge is -2.35. The van der Waals surface area contributed by atoms with E-state index in [1.165, 1.54) is 25.4 Å². The predicted molar refractivity (Wildman–Crippen MR) is 82.2 cm³/mol. The summed E-state index contributed by atoms with van der Waals surface area (Å²) in [6.07, 6.45) is 2.03. The molecule has 1 N–H and O–H groups in total. The Hall–Kier alpha value is -1.47. The summed E-state index contributed by atoms with van der Waals surface area (Å²) in [5.74, 6) is -0.737. The third-order valence-corrected chi connectivity index (χ3v) is 4.95. The smallest absolute Gasteiger partial charge is 0.358 e. The highest BCUT2D eigenvalue weighted by Gasteiger charge is 2.26. The van der Waals surface area contributed by atoms with Crippen LogP contribution in [-0.2, 0) is 4.74 Å². The fourth-order valence-electron chi connectivity index (χ4n) is 2.45. The van der Waals surface area contributed by atoms with Crippen molar-refractivity contribution in [1.82, 2.24) is 9.88 Å². The van der Waals surface area contributed by atoms with E-state index in [1.54, 1.807) is 0 Å². The molecule has 0 bridgehead atoms. The summed E-state index contributed by atoms with van der Waals surface area (Å²) in [6.45, 7) is 4.64. The van der Waals surface area contributed by atoms with Crippen LogP contribution in [0.4, 0.5) is 5.13 Å². The molecule has 0 radical (unpaired) electrons. The number of rotatable bonds is 4. The number of piperidine rings is 1. The van der Waals surface area contributed by atoms with Crippen molar-refractivity contribution in [2.75, 3.05) is 26.0 Å². The van der Waals surface area contributed by atoms with Crippen LogP contribution in [-0.4, -0.2) is 54.4 Å². The number of hydrogen-bond donors (Lipinski definition) is 1. The first-order valence-corrected chi connectivity index (χ1v) is 7.80. The number of aromatic nitrogens is 1. The molecule has 116 valence electrons. The second kappa shape index (κ2) is 6.53. The number of Topliss-reactive ketones (excluding diaryl/α,β-unsaturated/α-hetero) is 1. The van der Waals surface area contributed by atoms with Gasteiger partial charge in [0.15, 0.2) is 16.6 Å². The van der Waals surface area contributed by atoms with Gasteiger partial charge in [-0.15, -0.1) is 0 Å². The normalized spacial score (nSPS) is 22.9. The second-order valence-corrected chi connectivity index (χ2v) is 6.44. The third-order valence-electron chi connectivity index (χ3n) is 3.86. The lowest BCUT2D eigenvalue weighted by molar-refractivity contribution is 0.0591. The fraction of sp³-hybridized carbons (Fsp3) is 0.643. The van der Waals surface area contributed by atoms with Crippen LogP contribution in [0.25, 0.3) is 0 Å². The molecule has 1 aromatic rings. The van der Waals surface area contributed by atoms with Crippen LogP contribution in [0.5, 0.6) is 0 Å². The van der Waals surface area contributed by atoms with Crippen LogP contribution in [0.1, 0.15) is 46.8 Å². The largest absolute Gasteiger partial charge is 0.464 e. The van der Waals surface area contributed by atoms with Crippen molar-refractivity contribution < 1.29 is 14.3 Å². The first-order valence-electron chi connectivity index (χ1n) is 6.99. The number of esters is 1. The van der Waals surface area contributed by atoms with Gasteiger partial charge >= 0.3 is 5.97 Å². The lowest BCUT2D eigenvalue weighted by Crippen LogP contribution is -2.42. The quantitative estimate of drug-likeness (QED) is 0.677. The van der Waals surface area contributed by atoms with Gasteiger partial charge < -0.3 is 15.0 Å². The zero-order chi connectivity index (χ0) is 15.6. The summed E-state index contributed by atoms with van der Waals surface area (Å²) in [5, 5.41) is 3.96. The van der Waals surface area contributed by atoms with Gasteiger partial charge in [0.1, 0.15) is 4.88 Å². The van der Waals surface area contributed by atoms with E-state index >= 15 is 0 Å². The summed E-state index contributed by atoms with van der Waals surface area (Å²) in [6, 6.07) is 0.816. The Labute approximate surface area is 128 Å². The molecule has 0 aliphatic carbocycles. The number of ether oxygens (including phenoxy) is 1. The number of likely N-dealkylation sites (tertiary alicyclic amines) is 1. The summed E-state index contributed by atoms with van der Waals surface area (Å²) >= 11 is 1.22. The van der Waals surface area contributed by atoms with Crippen molar-refractivity contribution in [1.29, 1.82) is 0 Å². The van der Waals surface area contributed by atoms with Crippen LogP contribution in [0, 0.1) is 0 Å². The maximum absolute atomic E-state index is 11.7. The third kappa shape index (κ3) is 3.59. The Morgan fingerprint density at radius 2 is 2.19 bits per heavy atom. The van der Waals surface area contributed by atoms with Gasteiger partial charge in [0.05, 0.1) is 7.11 Å². The minimum absolute atomic E-state index is 0.110. The van der Waals surface area contributed by atoms with Crippen molar-refractivity contribution in [3.63, 3.8) is 0 Å². The molecule has 6 nitrogen and oxygen atoms in total. The molecule has 0 amide bonds.